The predicted molar refractivity (Wildman–Crippen MR) is 117 cm³/mol. The number of nitrogens with one attached hydrogen (secondary N) is 1. The van der Waals surface area contributed by atoms with Crippen molar-refractivity contribution < 1.29 is 19.1 Å². The van der Waals surface area contributed by atoms with Gasteiger partial charge in [-0.3, -0.25) is 9.59 Å². The molecule has 0 fully saturated rings. The van der Waals surface area contributed by atoms with Crippen LogP contribution >= 0.6 is 0 Å². The van der Waals surface area contributed by atoms with Gasteiger partial charge in [0.05, 0.1) is 13.5 Å². The normalized spacial score (nSPS) is 11.6. The smallest absolute Gasteiger partial charge is 0.242 e. The molecule has 2 rings (SSSR count). The summed E-state index contributed by atoms with van der Waals surface area (Å²) in [5.74, 6) is 0.497. The topological polar surface area (TPSA) is 67.9 Å². The molecule has 1 atom stereocenters. The highest BCUT2D eigenvalue weighted by atomic mass is 16.5. The van der Waals surface area contributed by atoms with Crippen LogP contribution in [-0.2, 0) is 27.3 Å². The molecule has 0 saturated heterocycles. The Morgan fingerprint density at radius 1 is 1.03 bits per heavy atom. The fourth-order valence-electron chi connectivity index (χ4n) is 3.06. The summed E-state index contributed by atoms with van der Waals surface area (Å²) in [6.45, 7) is 5.84. The molecule has 0 radical (unpaired) electrons. The minimum Gasteiger partial charge on any atom is -0.497 e. The number of rotatable bonds is 12. The molecule has 162 valence electrons. The number of ether oxygens (including phenoxy) is 2. The van der Waals surface area contributed by atoms with E-state index in [1.165, 1.54) is 0 Å². The van der Waals surface area contributed by atoms with Gasteiger partial charge in [-0.15, -0.1) is 0 Å². The van der Waals surface area contributed by atoms with Gasteiger partial charge in [-0.1, -0.05) is 42.5 Å². The lowest BCUT2D eigenvalue weighted by Crippen LogP contribution is -2.48. The van der Waals surface area contributed by atoms with Gasteiger partial charge in [-0.25, -0.2) is 0 Å². The molecule has 0 saturated carbocycles. The van der Waals surface area contributed by atoms with E-state index in [1.54, 1.807) is 18.9 Å². The molecule has 0 aliphatic heterocycles. The number of carbonyl (C=O) groups excluding carboxylic acids is 2. The fourth-order valence-corrected chi connectivity index (χ4v) is 3.06. The minimum atomic E-state index is -0.588. The van der Waals surface area contributed by atoms with Crippen LogP contribution in [0.3, 0.4) is 0 Å². The second-order valence-electron chi connectivity index (χ2n) is 7.05. The monoisotopic (exact) mass is 412 g/mol. The first-order chi connectivity index (χ1) is 14.5. The third-order valence-electron chi connectivity index (χ3n) is 4.85. The van der Waals surface area contributed by atoms with Crippen LogP contribution in [0.4, 0.5) is 0 Å². The SMILES string of the molecule is CCOCCCNC(=O)C(C)N(Cc1ccc(OC)cc1)C(=O)Cc1ccccc1. The van der Waals surface area contributed by atoms with Crippen molar-refractivity contribution in [2.24, 2.45) is 0 Å². The van der Waals surface area contributed by atoms with Gasteiger partial charge in [0.25, 0.3) is 0 Å². The first-order valence-corrected chi connectivity index (χ1v) is 10.4. The standard InChI is InChI=1S/C24H32N2O4/c1-4-30-16-8-15-25-24(28)19(2)26(18-21-11-13-22(29-3)14-12-21)23(27)17-20-9-6-5-7-10-20/h5-7,9-14,19H,4,8,15-18H2,1-3H3,(H,25,28). The molecule has 1 unspecified atom stereocenters. The molecule has 0 spiro atoms. The summed E-state index contributed by atoms with van der Waals surface area (Å²) in [6, 6.07) is 16.5. The molecule has 0 aromatic heterocycles. The maximum absolute atomic E-state index is 13.1. The van der Waals surface area contributed by atoms with Crippen LogP contribution in [-0.4, -0.2) is 49.6 Å². The molecule has 0 bridgehead atoms. The summed E-state index contributed by atoms with van der Waals surface area (Å²) in [6.07, 6.45) is 0.988. The Hall–Kier alpha value is -2.86. The first-order valence-electron chi connectivity index (χ1n) is 10.4. The van der Waals surface area contributed by atoms with Crippen molar-refractivity contribution in [2.75, 3.05) is 26.9 Å². The van der Waals surface area contributed by atoms with Crippen LogP contribution in [0.1, 0.15) is 31.4 Å². The van der Waals surface area contributed by atoms with Gasteiger partial charge in [-0.2, -0.15) is 0 Å². The van der Waals surface area contributed by atoms with E-state index in [9.17, 15) is 9.59 Å². The molecule has 6 nitrogen and oxygen atoms in total. The number of nitrogens with zero attached hydrogens (tertiary/aromatic N) is 1. The Morgan fingerprint density at radius 3 is 2.37 bits per heavy atom. The second-order valence-corrected chi connectivity index (χ2v) is 7.05. The number of carbonyl (C=O) groups is 2. The molecule has 0 heterocycles. The van der Waals surface area contributed by atoms with Crippen molar-refractivity contribution in [1.29, 1.82) is 0 Å². The summed E-state index contributed by atoms with van der Waals surface area (Å²) in [5.41, 5.74) is 1.86. The number of hydrogen-bond acceptors (Lipinski definition) is 4. The van der Waals surface area contributed by atoms with E-state index in [0.29, 0.717) is 26.3 Å². The first kappa shape index (κ1) is 23.4. The van der Waals surface area contributed by atoms with Crippen LogP contribution in [0.25, 0.3) is 0 Å². The Balaban J connectivity index is 2.08. The predicted octanol–water partition coefficient (Wildman–Crippen LogP) is 3.20. The van der Waals surface area contributed by atoms with Gasteiger partial charge in [-0.05, 0) is 43.5 Å². The molecule has 2 aromatic carbocycles. The third kappa shape index (κ3) is 7.52. The molecule has 30 heavy (non-hydrogen) atoms. The van der Waals surface area contributed by atoms with Crippen molar-refractivity contribution in [3.63, 3.8) is 0 Å². The Labute approximate surface area is 179 Å². The summed E-state index contributed by atoms with van der Waals surface area (Å²) < 4.78 is 10.5. The van der Waals surface area contributed by atoms with E-state index in [-0.39, 0.29) is 18.2 Å². The lowest BCUT2D eigenvalue weighted by molar-refractivity contribution is -0.140. The molecule has 0 aliphatic carbocycles. The molecular formula is C24H32N2O4. The van der Waals surface area contributed by atoms with Gasteiger partial charge in [0.2, 0.25) is 11.8 Å². The Bertz CT molecular complexity index is 778. The number of hydrogen-bond donors (Lipinski definition) is 1. The zero-order valence-electron chi connectivity index (χ0n) is 18.1. The van der Waals surface area contributed by atoms with Crippen molar-refractivity contribution in [3.8, 4) is 5.75 Å². The van der Waals surface area contributed by atoms with Crippen LogP contribution in [0.15, 0.2) is 54.6 Å². The summed E-state index contributed by atoms with van der Waals surface area (Å²) in [7, 11) is 1.61. The molecule has 6 heteroatoms. The van der Waals surface area contributed by atoms with E-state index >= 15 is 0 Å². The lowest BCUT2D eigenvalue weighted by atomic mass is 10.1. The maximum Gasteiger partial charge on any atom is 0.242 e. The molecule has 1 N–H and O–H groups in total. The van der Waals surface area contributed by atoms with E-state index in [2.05, 4.69) is 5.32 Å². The average molecular weight is 413 g/mol. The van der Waals surface area contributed by atoms with Gasteiger partial charge in [0.15, 0.2) is 0 Å². The van der Waals surface area contributed by atoms with Gasteiger partial charge in [0.1, 0.15) is 11.8 Å². The highest BCUT2D eigenvalue weighted by Crippen LogP contribution is 2.16. The van der Waals surface area contributed by atoms with Crippen molar-refractivity contribution in [2.45, 2.75) is 39.3 Å². The van der Waals surface area contributed by atoms with E-state index in [1.807, 2.05) is 61.5 Å². The summed E-state index contributed by atoms with van der Waals surface area (Å²) >= 11 is 0. The zero-order valence-corrected chi connectivity index (χ0v) is 18.1. The van der Waals surface area contributed by atoms with Crippen molar-refractivity contribution >= 4 is 11.8 Å². The van der Waals surface area contributed by atoms with Gasteiger partial charge >= 0.3 is 0 Å². The lowest BCUT2D eigenvalue weighted by Gasteiger charge is -2.29. The minimum absolute atomic E-state index is 0.0889. The Kier molecular flexibility index (Phi) is 9.87. The summed E-state index contributed by atoms with van der Waals surface area (Å²) in [4.78, 5) is 27.4. The van der Waals surface area contributed by atoms with Crippen LogP contribution < -0.4 is 10.1 Å². The van der Waals surface area contributed by atoms with Gasteiger partial charge < -0.3 is 19.7 Å². The maximum atomic E-state index is 13.1. The number of methoxy groups -OCH3 is 1. The third-order valence-corrected chi connectivity index (χ3v) is 4.85. The fraction of sp³-hybridized carbons (Fsp3) is 0.417. The molecule has 2 aromatic rings. The average Bonchev–Trinajstić information content (AvgIpc) is 2.77. The molecule has 0 aliphatic rings. The highest BCUT2D eigenvalue weighted by Gasteiger charge is 2.26. The van der Waals surface area contributed by atoms with Crippen LogP contribution in [0.5, 0.6) is 5.75 Å². The van der Waals surface area contributed by atoms with Crippen molar-refractivity contribution in [3.05, 3.63) is 65.7 Å². The summed E-state index contributed by atoms with van der Waals surface area (Å²) in [5, 5.41) is 2.91. The van der Waals surface area contributed by atoms with E-state index < -0.39 is 6.04 Å². The Morgan fingerprint density at radius 2 is 1.73 bits per heavy atom. The van der Waals surface area contributed by atoms with E-state index in [0.717, 1.165) is 23.3 Å². The highest BCUT2D eigenvalue weighted by molar-refractivity contribution is 5.88. The number of amides is 2. The zero-order chi connectivity index (χ0) is 21.8. The second kappa shape index (κ2) is 12.6. The molecule has 2 amide bonds. The molecular weight excluding hydrogens is 380 g/mol. The van der Waals surface area contributed by atoms with Gasteiger partial charge in [0, 0.05) is 26.3 Å². The van der Waals surface area contributed by atoms with Crippen LogP contribution in [0, 0.1) is 0 Å². The largest absolute Gasteiger partial charge is 0.497 e. The number of benzene rings is 2. The van der Waals surface area contributed by atoms with Crippen molar-refractivity contribution in [1.82, 2.24) is 10.2 Å². The van der Waals surface area contributed by atoms with Crippen LogP contribution in [0.2, 0.25) is 0 Å². The van der Waals surface area contributed by atoms with E-state index in [4.69, 9.17) is 9.47 Å². The quantitative estimate of drug-likeness (QED) is 0.544.